The number of amides is 1. The normalized spacial score (nSPS) is 11.1. The Kier molecular flexibility index (Phi) is 8.64. The van der Waals surface area contributed by atoms with Gasteiger partial charge in [-0.25, -0.2) is 0 Å². The number of ether oxygens (including phenoxy) is 2. The third-order valence-electron chi connectivity index (χ3n) is 3.66. The van der Waals surface area contributed by atoms with E-state index in [1.165, 1.54) is 0 Å². The summed E-state index contributed by atoms with van der Waals surface area (Å²) < 4.78 is 11.1. The van der Waals surface area contributed by atoms with Gasteiger partial charge in [0, 0.05) is 12.1 Å². The van der Waals surface area contributed by atoms with E-state index in [2.05, 4.69) is 5.32 Å². The molecule has 0 radical (unpaired) electrons. The van der Waals surface area contributed by atoms with Crippen LogP contribution in [0.25, 0.3) is 0 Å². The van der Waals surface area contributed by atoms with Crippen LogP contribution in [0.3, 0.4) is 0 Å². The number of nitrogen functional groups attached to an aromatic ring is 1. The minimum Gasteiger partial charge on any atom is -0.493 e. The summed E-state index contributed by atoms with van der Waals surface area (Å²) >= 11 is 0. The number of para-hydroxylation sites is 3. The Morgan fingerprint density at radius 3 is 2.44 bits per heavy atom. The van der Waals surface area contributed by atoms with Gasteiger partial charge in [-0.1, -0.05) is 30.3 Å². The molecule has 0 saturated heterocycles. The molecule has 1 unspecified atom stereocenters. The first-order valence-electron chi connectivity index (χ1n) is 8.00. The number of carbonyl (C=O) groups is 1. The third kappa shape index (κ3) is 6.55. The fraction of sp³-hybridized carbons (Fsp3) is 0.316. The zero-order chi connectivity index (χ0) is 17.4. The maximum Gasteiger partial charge on any atom is 0.220 e. The average Bonchev–Trinajstić information content (AvgIpc) is 2.59. The van der Waals surface area contributed by atoms with Gasteiger partial charge in [-0.2, -0.15) is 0 Å². The number of halogens is 1. The fourth-order valence-corrected chi connectivity index (χ4v) is 2.33. The Hall–Kier alpha value is -2.40. The maximum atomic E-state index is 12.0. The highest BCUT2D eigenvalue weighted by atomic mass is 35.5. The molecule has 2 rings (SSSR count). The molecule has 0 bridgehead atoms. The third-order valence-corrected chi connectivity index (χ3v) is 3.66. The minimum absolute atomic E-state index is 0. The van der Waals surface area contributed by atoms with Crippen molar-refractivity contribution in [2.45, 2.75) is 25.9 Å². The van der Waals surface area contributed by atoms with Crippen LogP contribution in [0.15, 0.2) is 48.5 Å². The summed E-state index contributed by atoms with van der Waals surface area (Å²) in [6, 6.07) is 15.0. The molecule has 5 nitrogen and oxygen atoms in total. The van der Waals surface area contributed by atoms with Gasteiger partial charge in [0.05, 0.1) is 13.7 Å². The predicted octanol–water partition coefficient (Wildman–Crippen LogP) is 3.22. The molecular formula is C19H25ClN2O3. The van der Waals surface area contributed by atoms with Crippen LogP contribution in [0, 0.1) is 0 Å². The highest BCUT2D eigenvalue weighted by molar-refractivity contribution is 5.85. The lowest BCUT2D eigenvalue weighted by Crippen LogP contribution is -2.33. The number of rotatable bonds is 8. The summed E-state index contributed by atoms with van der Waals surface area (Å²) in [5, 5.41) is 2.88. The van der Waals surface area contributed by atoms with E-state index < -0.39 is 0 Å². The Morgan fingerprint density at radius 2 is 1.76 bits per heavy atom. The number of nitrogens with one attached hydrogen (secondary N) is 1. The van der Waals surface area contributed by atoms with Gasteiger partial charge in [0.15, 0.2) is 11.5 Å². The van der Waals surface area contributed by atoms with Crippen molar-refractivity contribution in [3.8, 4) is 11.5 Å². The number of hydrogen-bond donors (Lipinski definition) is 2. The number of anilines is 1. The molecular weight excluding hydrogens is 340 g/mol. The molecule has 1 amide bonds. The number of benzene rings is 2. The van der Waals surface area contributed by atoms with E-state index in [1.807, 2.05) is 55.5 Å². The van der Waals surface area contributed by atoms with Crippen LogP contribution in [-0.2, 0) is 11.2 Å². The summed E-state index contributed by atoms with van der Waals surface area (Å²) in [5.74, 6) is 1.32. The summed E-state index contributed by atoms with van der Waals surface area (Å²) in [6.45, 7) is 2.34. The zero-order valence-corrected chi connectivity index (χ0v) is 15.3. The standard InChI is InChI=1S/C19H24N2O3.ClH/c1-14(24-18-10-6-5-9-17(18)23-2)13-21-19(22)12-11-15-7-3-4-8-16(15)20;/h3-10,14H,11-13,20H2,1-2H3,(H,21,22);1H. The number of hydrogen-bond acceptors (Lipinski definition) is 4. The van der Waals surface area contributed by atoms with Crippen LogP contribution in [0.5, 0.6) is 11.5 Å². The number of nitrogens with two attached hydrogens (primary N) is 1. The van der Waals surface area contributed by atoms with Crippen molar-refractivity contribution in [2.24, 2.45) is 0 Å². The van der Waals surface area contributed by atoms with Crippen molar-refractivity contribution in [2.75, 3.05) is 19.4 Å². The van der Waals surface area contributed by atoms with E-state index >= 15 is 0 Å². The highest BCUT2D eigenvalue weighted by Gasteiger charge is 2.10. The van der Waals surface area contributed by atoms with Crippen LogP contribution >= 0.6 is 12.4 Å². The van der Waals surface area contributed by atoms with Gasteiger partial charge in [0.1, 0.15) is 6.10 Å². The van der Waals surface area contributed by atoms with Crippen molar-refractivity contribution in [1.82, 2.24) is 5.32 Å². The first-order valence-corrected chi connectivity index (χ1v) is 8.00. The van der Waals surface area contributed by atoms with Crippen molar-refractivity contribution in [3.63, 3.8) is 0 Å². The molecule has 136 valence electrons. The van der Waals surface area contributed by atoms with Crippen LogP contribution in [-0.4, -0.2) is 25.7 Å². The van der Waals surface area contributed by atoms with E-state index in [-0.39, 0.29) is 24.4 Å². The molecule has 0 spiro atoms. The van der Waals surface area contributed by atoms with Gasteiger partial charge in [0.2, 0.25) is 5.91 Å². The van der Waals surface area contributed by atoms with E-state index in [0.29, 0.717) is 30.9 Å². The molecule has 0 aliphatic rings. The van der Waals surface area contributed by atoms with Crippen LogP contribution < -0.4 is 20.5 Å². The van der Waals surface area contributed by atoms with Gasteiger partial charge in [-0.3, -0.25) is 4.79 Å². The molecule has 0 aliphatic carbocycles. The van der Waals surface area contributed by atoms with Gasteiger partial charge in [0.25, 0.3) is 0 Å². The van der Waals surface area contributed by atoms with Crippen LogP contribution in [0.2, 0.25) is 0 Å². The molecule has 2 aromatic rings. The summed E-state index contributed by atoms with van der Waals surface area (Å²) in [4.78, 5) is 12.0. The van der Waals surface area contributed by atoms with Gasteiger partial charge in [-0.15, -0.1) is 12.4 Å². The second-order valence-corrected chi connectivity index (χ2v) is 5.58. The van der Waals surface area contributed by atoms with Gasteiger partial charge < -0.3 is 20.5 Å². The second-order valence-electron chi connectivity index (χ2n) is 5.58. The Morgan fingerprint density at radius 1 is 1.12 bits per heavy atom. The first kappa shape index (κ1) is 20.6. The molecule has 1 atom stereocenters. The lowest BCUT2D eigenvalue weighted by molar-refractivity contribution is -0.121. The van der Waals surface area contributed by atoms with Gasteiger partial charge >= 0.3 is 0 Å². The van der Waals surface area contributed by atoms with Crippen molar-refractivity contribution >= 4 is 24.0 Å². The molecule has 0 fully saturated rings. The summed E-state index contributed by atoms with van der Waals surface area (Å²) in [5.41, 5.74) is 7.59. The second kappa shape index (κ2) is 10.5. The van der Waals surface area contributed by atoms with E-state index in [9.17, 15) is 4.79 Å². The number of aryl methyl sites for hydroxylation is 1. The molecule has 2 aromatic carbocycles. The SMILES string of the molecule is COc1ccccc1OC(C)CNC(=O)CCc1ccccc1N.Cl. The van der Waals surface area contributed by atoms with Gasteiger partial charge in [-0.05, 0) is 37.1 Å². The summed E-state index contributed by atoms with van der Waals surface area (Å²) in [7, 11) is 1.60. The average molecular weight is 365 g/mol. The lowest BCUT2D eigenvalue weighted by atomic mass is 10.1. The molecule has 6 heteroatoms. The quantitative estimate of drug-likeness (QED) is 0.705. The van der Waals surface area contributed by atoms with Crippen molar-refractivity contribution < 1.29 is 14.3 Å². The smallest absolute Gasteiger partial charge is 0.220 e. The molecule has 0 heterocycles. The maximum absolute atomic E-state index is 12.0. The minimum atomic E-state index is -0.160. The zero-order valence-electron chi connectivity index (χ0n) is 14.5. The topological polar surface area (TPSA) is 73.6 Å². The Bertz CT molecular complexity index is 679. The molecule has 0 aliphatic heterocycles. The predicted molar refractivity (Wildman–Crippen MR) is 103 cm³/mol. The lowest BCUT2D eigenvalue weighted by Gasteiger charge is -2.17. The monoisotopic (exact) mass is 364 g/mol. The van der Waals surface area contributed by atoms with Crippen molar-refractivity contribution in [1.29, 1.82) is 0 Å². The Balaban J connectivity index is 0.00000312. The fourth-order valence-electron chi connectivity index (χ4n) is 2.33. The first-order chi connectivity index (χ1) is 11.6. The van der Waals surface area contributed by atoms with Crippen molar-refractivity contribution in [3.05, 3.63) is 54.1 Å². The largest absolute Gasteiger partial charge is 0.493 e. The summed E-state index contributed by atoms with van der Waals surface area (Å²) in [6.07, 6.45) is 0.864. The van der Waals surface area contributed by atoms with E-state index in [1.54, 1.807) is 7.11 Å². The number of carbonyl (C=O) groups excluding carboxylic acids is 1. The van der Waals surface area contributed by atoms with Crippen LogP contribution in [0.4, 0.5) is 5.69 Å². The molecule has 0 saturated carbocycles. The number of methoxy groups -OCH3 is 1. The van der Waals surface area contributed by atoms with Crippen LogP contribution in [0.1, 0.15) is 18.9 Å². The Labute approximate surface area is 154 Å². The van der Waals surface area contributed by atoms with E-state index in [0.717, 1.165) is 11.3 Å². The highest BCUT2D eigenvalue weighted by Crippen LogP contribution is 2.26. The molecule has 25 heavy (non-hydrogen) atoms. The van der Waals surface area contributed by atoms with E-state index in [4.69, 9.17) is 15.2 Å². The molecule has 0 aromatic heterocycles. The molecule has 3 N–H and O–H groups in total.